The number of nitrogens with one attached hydrogen (secondary N) is 3. The van der Waals surface area contributed by atoms with Crippen molar-refractivity contribution < 1.29 is 9.59 Å². The Hall–Kier alpha value is -2.57. The zero-order valence-corrected chi connectivity index (χ0v) is 16.5. The van der Waals surface area contributed by atoms with Gasteiger partial charge in [0.25, 0.3) is 0 Å². The van der Waals surface area contributed by atoms with Crippen molar-refractivity contribution in [3.8, 4) is 0 Å². The third kappa shape index (κ3) is 5.21. The van der Waals surface area contributed by atoms with Gasteiger partial charge in [-0.2, -0.15) is 0 Å². The van der Waals surface area contributed by atoms with Gasteiger partial charge < -0.3 is 16.0 Å². The Morgan fingerprint density at radius 2 is 1.85 bits per heavy atom. The Labute approximate surface area is 161 Å². The lowest BCUT2D eigenvalue weighted by molar-refractivity contribution is -0.124. The maximum atomic E-state index is 11.6. The third-order valence-electron chi connectivity index (χ3n) is 5.19. The molecule has 0 aromatic heterocycles. The van der Waals surface area contributed by atoms with Crippen molar-refractivity contribution in [3.63, 3.8) is 0 Å². The van der Waals surface area contributed by atoms with E-state index >= 15 is 0 Å². The highest BCUT2D eigenvalue weighted by Gasteiger charge is 2.29. The van der Waals surface area contributed by atoms with Crippen molar-refractivity contribution in [1.82, 2.24) is 20.9 Å². The Balaban J connectivity index is 2.02. The second kappa shape index (κ2) is 9.94. The molecule has 0 unspecified atom stereocenters. The smallest absolute Gasteiger partial charge is 0.324 e. The van der Waals surface area contributed by atoms with Crippen LogP contribution >= 0.6 is 0 Å². The second-order valence-electron chi connectivity index (χ2n) is 6.68. The Morgan fingerprint density at radius 1 is 1.15 bits per heavy atom. The van der Waals surface area contributed by atoms with Crippen LogP contribution in [0.5, 0.6) is 0 Å². The lowest BCUT2D eigenvalue weighted by Crippen LogP contribution is -2.44. The number of imide groups is 1. The van der Waals surface area contributed by atoms with Crippen LogP contribution in [-0.2, 0) is 10.2 Å². The number of aliphatic imine (C=N–C) groups is 1. The van der Waals surface area contributed by atoms with Gasteiger partial charge in [-0.25, -0.2) is 4.79 Å². The molecule has 7 heteroatoms. The zero-order chi connectivity index (χ0) is 19.7. The summed E-state index contributed by atoms with van der Waals surface area (Å²) in [5.41, 5.74) is 1.29. The second-order valence-corrected chi connectivity index (χ2v) is 6.68. The predicted molar refractivity (Wildman–Crippen MR) is 108 cm³/mol. The first-order valence-corrected chi connectivity index (χ1v) is 9.72. The number of nitrogens with zero attached hydrogens (tertiary/aromatic N) is 2. The van der Waals surface area contributed by atoms with Gasteiger partial charge >= 0.3 is 6.03 Å². The predicted octanol–water partition coefficient (Wildman–Crippen LogP) is 1.85. The number of rotatable bonds is 9. The molecule has 1 aliphatic heterocycles. The molecule has 1 aliphatic rings. The summed E-state index contributed by atoms with van der Waals surface area (Å²) in [5.74, 6) is 0.510. The number of carbonyl (C=O) groups excluding carboxylic acids is 2. The van der Waals surface area contributed by atoms with E-state index in [-0.39, 0.29) is 23.9 Å². The van der Waals surface area contributed by atoms with E-state index in [1.807, 2.05) is 13.0 Å². The van der Waals surface area contributed by atoms with Gasteiger partial charge in [-0.3, -0.25) is 14.7 Å². The Morgan fingerprint density at radius 3 is 2.41 bits per heavy atom. The molecule has 27 heavy (non-hydrogen) atoms. The molecule has 1 fully saturated rings. The van der Waals surface area contributed by atoms with Crippen molar-refractivity contribution in [1.29, 1.82) is 0 Å². The number of amides is 3. The van der Waals surface area contributed by atoms with Crippen molar-refractivity contribution in [3.05, 3.63) is 35.9 Å². The van der Waals surface area contributed by atoms with Gasteiger partial charge in [-0.15, -0.1) is 0 Å². The number of urea groups is 1. The van der Waals surface area contributed by atoms with E-state index in [2.05, 4.69) is 54.1 Å². The van der Waals surface area contributed by atoms with E-state index in [0.29, 0.717) is 25.6 Å². The van der Waals surface area contributed by atoms with Crippen LogP contribution in [0.4, 0.5) is 4.79 Å². The van der Waals surface area contributed by atoms with Gasteiger partial charge in [0.05, 0.1) is 13.1 Å². The number of hydrogen-bond donors (Lipinski definition) is 3. The summed E-state index contributed by atoms with van der Waals surface area (Å²) in [4.78, 5) is 29.3. The lowest BCUT2D eigenvalue weighted by Gasteiger charge is -2.31. The molecule has 1 heterocycles. The molecular formula is C20H31N5O2. The van der Waals surface area contributed by atoms with Crippen LogP contribution in [0.2, 0.25) is 0 Å². The molecule has 3 N–H and O–H groups in total. The molecule has 7 nitrogen and oxygen atoms in total. The summed E-state index contributed by atoms with van der Waals surface area (Å²) < 4.78 is 0. The molecule has 2 rings (SSSR count). The molecule has 0 bridgehead atoms. The van der Waals surface area contributed by atoms with Crippen LogP contribution in [0.3, 0.4) is 0 Å². The summed E-state index contributed by atoms with van der Waals surface area (Å²) in [6, 6.07) is 10.2. The highest BCUT2D eigenvalue weighted by molar-refractivity contribution is 6.01. The van der Waals surface area contributed by atoms with Gasteiger partial charge in [-0.1, -0.05) is 44.2 Å². The van der Waals surface area contributed by atoms with Crippen LogP contribution in [0.15, 0.2) is 35.3 Å². The average molecular weight is 374 g/mol. The van der Waals surface area contributed by atoms with E-state index in [9.17, 15) is 9.59 Å². The van der Waals surface area contributed by atoms with Gasteiger partial charge in [0.15, 0.2) is 5.96 Å². The van der Waals surface area contributed by atoms with Crippen molar-refractivity contribution in [2.75, 3.05) is 32.7 Å². The number of carbonyl (C=O) groups is 2. The Kier molecular flexibility index (Phi) is 7.64. The standard InChI is InChI=1S/C20H31N5O2/c1-4-20(5-2,16-10-8-7-9-11-16)15-24-18(21-6-3)22-12-13-25-17(26)14-23-19(25)27/h7-11H,4-6,12-15H2,1-3H3,(H,23,27)(H2,21,22,24). The summed E-state index contributed by atoms with van der Waals surface area (Å²) >= 11 is 0. The topological polar surface area (TPSA) is 85.8 Å². The van der Waals surface area contributed by atoms with E-state index in [1.165, 1.54) is 10.5 Å². The summed E-state index contributed by atoms with van der Waals surface area (Å²) in [6.07, 6.45) is 2.00. The first-order valence-electron chi connectivity index (χ1n) is 9.72. The first-order chi connectivity index (χ1) is 13.1. The summed E-state index contributed by atoms with van der Waals surface area (Å²) in [6.45, 7) is 8.68. The van der Waals surface area contributed by atoms with Crippen molar-refractivity contribution in [2.45, 2.75) is 39.0 Å². The molecule has 0 aliphatic carbocycles. The highest BCUT2D eigenvalue weighted by Crippen LogP contribution is 2.31. The van der Waals surface area contributed by atoms with Gasteiger partial charge in [0.1, 0.15) is 0 Å². The van der Waals surface area contributed by atoms with E-state index in [4.69, 9.17) is 4.99 Å². The van der Waals surface area contributed by atoms with Crippen molar-refractivity contribution >= 4 is 17.9 Å². The van der Waals surface area contributed by atoms with E-state index in [0.717, 1.165) is 19.4 Å². The molecule has 0 spiro atoms. The molecule has 1 saturated heterocycles. The quantitative estimate of drug-likeness (QED) is 0.350. The molecule has 0 atom stereocenters. The largest absolute Gasteiger partial charge is 0.357 e. The molecule has 0 radical (unpaired) electrons. The minimum Gasteiger partial charge on any atom is -0.357 e. The highest BCUT2D eigenvalue weighted by atomic mass is 16.2. The molecule has 1 aromatic carbocycles. The fraction of sp³-hybridized carbons (Fsp3) is 0.550. The number of benzene rings is 1. The summed E-state index contributed by atoms with van der Waals surface area (Å²) in [5, 5.41) is 8.99. The summed E-state index contributed by atoms with van der Waals surface area (Å²) in [7, 11) is 0. The zero-order valence-electron chi connectivity index (χ0n) is 16.5. The molecule has 3 amide bonds. The van der Waals surface area contributed by atoms with E-state index < -0.39 is 0 Å². The van der Waals surface area contributed by atoms with Gasteiger partial charge in [0, 0.05) is 25.0 Å². The van der Waals surface area contributed by atoms with Crippen LogP contribution in [0.1, 0.15) is 39.2 Å². The van der Waals surface area contributed by atoms with Gasteiger partial charge in [0.2, 0.25) is 5.91 Å². The first kappa shape index (κ1) is 20.7. The van der Waals surface area contributed by atoms with Crippen LogP contribution in [0, 0.1) is 0 Å². The van der Waals surface area contributed by atoms with Crippen LogP contribution in [-0.4, -0.2) is 55.5 Å². The molecule has 1 aromatic rings. The minimum absolute atomic E-state index is 0.00554. The lowest BCUT2D eigenvalue weighted by atomic mass is 9.76. The van der Waals surface area contributed by atoms with Crippen LogP contribution < -0.4 is 16.0 Å². The van der Waals surface area contributed by atoms with Gasteiger partial charge in [-0.05, 0) is 25.3 Å². The SMILES string of the molecule is CCNC(=NCC(CC)(CC)c1ccccc1)NCCN1C(=O)CNC1=O. The minimum atomic E-state index is -0.330. The molecule has 0 saturated carbocycles. The Bertz CT molecular complexity index is 640. The normalized spacial score (nSPS) is 15.1. The fourth-order valence-electron chi connectivity index (χ4n) is 3.30. The maximum absolute atomic E-state index is 11.6. The monoisotopic (exact) mass is 373 g/mol. The van der Waals surface area contributed by atoms with E-state index in [1.54, 1.807) is 0 Å². The van der Waals surface area contributed by atoms with Crippen molar-refractivity contribution in [2.24, 2.45) is 4.99 Å². The number of guanidine groups is 1. The fourth-order valence-corrected chi connectivity index (χ4v) is 3.30. The number of hydrogen-bond acceptors (Lipinski definition) is 3. The van der Waals surface area contributed by atoms with Crippen LogP contribution in [0.25, 0.3) is 0 Å². The molecule has 148 valence electrons. The third-order valence-corrected chi connectivity index (χ3v) is 5.19. The average Bonchev–Trinajstić information content (AvgIpc) is 3.02. The maximum Gasteiger partial charge on any atom is 0.324 e. The molecular weight excluding hydrogens is 342 g/mol.